The molecule has 2 fully saturated rings. The van der Waals surface area contributed by atoms with Crippen molar-refractivity contribution in [3.8, 4) is 39.5 Å². The second-order valence-electron chi connectivity index (χ2n) is 17.9. The van der Waals surface area contributed by atoms with Crippen LogP contribution < -0.4 is 15.4 Å². The third-order valence-electron chi connectivity index (χ3n) is 12.9. The number of nitrogens with zero attached hydrogens (tertiary/aromatic N) is 7. The molecule has 4 amide bonds. The van der Waals surface area contributed by atoms with Crippen LogP contribution in [-0.4, -0.2) is 108 Å². The maximum Gasteiger partial charge on any atom is 0.407 e. The van der Waals surface area contributed by atoms with Crippen molar-refractivity contribution >= 4 is 46.2 Å². The van der Waals surface area contributed by atoms with Gasteiger partial charge in [-0.2, -0.15) is 0 Å². The van der Waals surface area contributed by atoms with Crippen LogP contribution in [0.15, 0.2) is 48.8 Å². The van der Waals surface area contributed by atoms with Crippen molar-refractivity contribution in [3.63, 3.8) is 0 Å². The summed E-state index contributed by atoms with van der Waals surface area (Å²) in [6, 6.07) is 10.6. The molecule has 3 aliphatic heterocycles. The van der Waals surface area contributed by atoms with Crippen molar-refractivity contribution < 1.29 is 33.4 Å². The van der Waals surface area contributed by atoms with Gasteiger partial charge in [-0.25, -0.2) is 19.6 Å². The number of ether oxygens (including phenoxy) is 3. The predicted molar refractivity (Wildman–Crippen MR) is 246 cm³/mol. The molecule has 2 aromatic carbocycles. The first kappa shape index (κ1) is 44.4. The molecule has 0 radical (unpaired) electrons. The number of aromatic amines is 2. The van der Waals surface area contributed by atoms with Crippen LogP contribution >= 0.6 is 11.3 Å². The lowest BCUT2D eigenvalue weighted by Crippen LogP contribution is -2.51. The number of aromatic nitrogens is 7. The van der Waals surface area contributed by atoms with Gasteiger partial charge in [-0.15, -0.1) is 10.2 Å². The van der Waals surface area contributed by atoms with Crippen molar-refractivity contribution in [3.05, 3.63) is 76.0 Å². The average molecular weight is 918 g/mol. The van der Waals surface area contributed by atoms with E-state index >= 15 is 0 Å². The van der Waals surface area contributed by atoms with Gasteiger partial charge in [0.05, 0.1) is 61.3 Å². The van der Waals surface area contributed by atoms with Crippen LogP contribution in [0.2, 0.25) is 0 Å². The maximum atomic E-state index is 13.8. The molecular formula is C47H55N11O7S. The van der Waals surface area contributed by atoms with Crippen LogP contribution in [0.5, 0.6) is 5.75 Å². The Balaban J connectivity index is 1.02. The number of fused-ring (bicyclic) bond motifs is 5. The molecule has 3 aliphatic rings. The quantitative estimate of drug-likeness (QED) is 0.0994. The van der Waals surface area contributed by atoms with E-state index in [1.54, 1.807) is 11.1 Å². The third-order valence-corrected chi connectivity index (χ3v) is 13.8. The number of aryl methyl sites for hydroxylation is 2. The lowest BCUT2D eigenvalue weighted by molar-refractivity contribution is -0.136. The van der Waals surface area contributed by atoms with Crippen LogP contribution in [0.1, 0.15) is 98.9 Å². The standard InChI is InChI=1S/C47H55N11O7S/c1-23(2)38(52-46(61)63-7)43(59)56-15-9-11-33(56)40-48-21-30(50-40)27-13-14-32-29(18-27)19-35-37-25(5)17-28(20-36(37)65-45(58(32)35)42-55-54-26(6)66-42)31-22-49-41(51-31)34-12-10-16-57(34)44(60)39(24(3)4)53-47(62)64-8/h13-14,17-24,33-34,38-39,45H,9-12,15-16H2,1-8H3,(H,48,50)(H,49,51)(H,52,61)(H,53,62)/t33-,34-,38-,39-,45?/m0/s1. The second-order valence-corrected chi connectivity index (χ2v) is 19.1. The number of carbonyl (C=O) groups excluding carboxylic acids is 4. The van der Waals surface area contributed by atoms with E-state index < -0.39 is 30.5 Å². The van der Waals surface area contributed by atoms with Crippen LogP contribution in [0, 0.1) is 25.7 Å². The number of methoxy groups -OCH3 is 2. The first-order valence-electron chi connectivity index (χ1n) is 22.4. The number of imidazole rings is 2. The van der Waals surface area contributed by atoms with E-state index in [9.17, 15) is 19.2 Å². The topological polar surface area (TPSA) is 215 Å². The molecule has 9 rings (SSSR count). The predicted octanol–water partition coefficient (Wildman–Crippen LogP) is 7.58. The Labute approximate surface area is 385 Å². The molecule has 0 bridgehead atoms. The molecular weight excluding hydrogens is 863 g/mol. The fraction of sp³-hybridized carbons (Fsp3) is 0.447. The summed E-state index contributed by atoms with van der Waals surface area (Å²) in [5.41, 5.74) is 7.30. The molecule has 0 saturated carbocycles. The number of rotatable bonds is 11. The van der Waals surface area contributed by atoms with Gasteiger partial charge in [-0.3, -0.25) is 14.2 Å². The molecule has 2 saturated heterocycles. The first-order valence-corrected chi connectivity index (χ1v) is 23.2. The third kappa shape index (κ3) is 8.13. The zero-order valence-electron chi connectivity index (χ0n) is 38.3. The molecule has 19 heteroatoms. The summed E-state index contributed by atoms with van der Waals surface area (Å²) in [6.45, 7) is 12.7. The molecule has 5 atom stereocenters. The molecule has 4 N–H and O–H groups in total. The van der Waals surface area contributed by atoms with Crippen LogP contribution in [0.25, 0.3) is 44.7 Å². The lowest BCUT2D eigenvalue weighted by atomic mass is 9.98. The molecule has 0 aliphatic carbocycles. The Morgan fingerprint density at radius 3 is 1.88 bits per heavy atom. The smallest absolute Gasteiger partial charge is 0.407 e. The van der Waals surface area contributed by atoms with E-state index in [1.807, 2.05) is 51.8 Å². The Bertz CT molecular complexity index is 2830. The summed E-state index contributed by atoms with van der Waals surface area (Å²) in [5.74, 6) is 1.46. The van der Waals surface area contributed by atoms with Crippen molar-refractivity contribution in [1.29, 1.82) is 0 Å². The molecule has 66 heavy (non-hydrogen) atoms. The number of hydrogen-bond donors (Lipinski definition) is 4. The van der Waals surface area contributed by atoms with Crippen molar-refractivity contribution in [2.24, 2.45) is 11.8 Å². The van der Waals surface area contributed by atoms with E-state index in [1.165, 1.54) is 25.6 Å². The monoisotopic (exact) mass is 917 g/mol. The number of likely N-dealkylation sites (tertiary alicyclic amines) is 2. The van der Waals surface area contributed by atoms with E-state index in [0.717, 1.165) is 85.9 Å². The van der Waals surface area contributed by atoms with Gasteiger partial charge in [-0.05, 0) is 87.3 Å². The molecule has 1 unspecified atom stereocenters. The van der Waals surface area contributed by atoms with Gasteiger partial charge in [0.25, 0.3) is 0 Å². The zero-order chi connectivity index (χ0) is 46.6. The van der Waals surface area contributed by atoms with Crippen LogP contribution in [0.4, 0.5) is 9.59 Å². The summed E-state index contributed by atoms with van der Waals surface area (Å²) in [5, 5.41) is 16.9. The largest absolute Gasteiger partial charge is 0.463 e. The number of benzene rings is 2. The minimum absolute atomic E-state index is 0.134. The first-order chi connectivity index (χ1) is 31.7. The summed E-state index contributed by atoms with van der Waals surface area (Å²) in [4.78, 5) is 72.1. The van der Waals surface area contributed by atoms with Gasteiger partial charge < -0.3 is 44.6 Å². The molecule has 346 valence electrons. The van der Waals surface area contributed by atoms with E-state index in [-0.39, 0.29) is 35.7 Å². The van der Waals surface area contributed by atoms with Crippen molar-refractivity contribution in [1.82, 2.24) is 55.1 Å². The fourth-order valence-corrected chi connectivity index (χ4v) is 10.3. The van der Waals surface area contributed by atoms with Gasteiger partial charge in [-0.1, -0.05) is 45.1 Å². The van der Waals surface area contributed by atoms with Crippen molar-refractivity contribution in [2.75, 3.05) is 27.3 Å². The number of nitrogens with one attached hydrogen (secondary N) is 4. The number of alkyl carbamates (subject to hydrolysis) is 2. The van der Waals surface area contributed by atoms with Crippen LogP contribution in [-0.2, 0) is 19.1 Å². The van der Waals surface area contributed by atoms with E-state index in [4.69, 9.17) is 24.2 Å². The zero-order valence-corrected chi connectivity index (χ0v) is 39.1. The highest BCUT2D eigenvalue weighted by molar-refractivity contribution is 7.11. The van der Waals surface area contributed by atoms with E-state index in [0.29, 0.717) is 30.5 Å². The number of hydrogen-bond acceptors (Lipinski definition) is 12. The van der Waals surface area contributed by atoms with Gasteiger partial charge in [0, 0.05) is 35.2 Å². The number of H-pyrrole nitrogens is 2. The highest BCUT2D eigenvalue weighted by atomic mass is 32.1. The van der Waals surface area contributed by atoms with Crippen LogP contribution in [0.3, 0.4) is 0 Å². The Kier molecular flexibility index (Phi) is 12.1. The lowest BCUT2D eigenvalue weighted by Gasteiger charge is -2.30. The SMILES string of the molecule is COC(=O)N[C@H](C(=O)N1CCC[C@H]1c1ncc(-c2cc(C)c3c(c2)OC(c2nnc(C)s2)n2c-3cc3cc(-c4cnc([C@@H]5CCCN5C(=O)[C@@H](NC(=O)OC)C(C)C)[nH]4)ccc32)[nH]1)C(C)C. The average Bonchev–Trinajstić information content (AvgIpc) is 4.16. The number of carbonyl (C=O) groups is 4. The highest BCUT2D eigenvalue weighted by Crippen LogP contribution is 2.48. The Morgan fingerprint density at radius 2 is 1.35 bits per heavy atom. The normalized spacial score (nSPS) is 18.8. The van der Waals surface area contributed by atoms with Gasteiger partial charge in [0.1, 0.15) is 34.5 Å². The molecule has 6 aromatic rings. The summed E-state index contributed by atoms with van der Waals surface area (Å²) in [6.07, 6.45) is 4.85. The molecule has 4 aromatic heterocycles. The summed E-state index contributed by atoms with van der Waals surface area (Å²) in [7, 11) is 2.58. The van der Waals surface area contributed by atoms with E-state index in [2.05, 4.69) is 72.6 Å². The fourth-order valence-electron chi connectivity index (χ4n) is 9.62. The summed E-state index contributed by atoms with van der Waals surface area (Å²) < 4.78 is 18.7. The minimum atomic E-state index is -0.729. The Hall–Kier alpha value is -6.76. The molecule has 18 nitrogen and oxygen atoms in total. The van der Waals surface area contributed by atoms with Crippen molar-refractivity contribution in [2.45, 2.75) is 97.6 Å². The highest BCUT2D eigenvalue weighted by Gasteiger charge is 2.40. The second kappa shape index (κ2) is 17.9. The van der Waals surface area contributed by atoms with Gasteiger partial charge >= 0.3 is 12.2 Å². The number of amides is 4. The molecule has 7 heterocycles. The van der Waals surface area contributed by atoms with Gasteiger partial charge in [0.15, 0.2) is 5.01 Å². The summed E-state index contributed by atoms with van der Waals surface area (Å²) >= 11 is 1.49. The van der Waals surface area contributed by atoms with Gasteiger partial charge in [0.2, 0.25) is 18.0 Å². The molecule has 0 spiro atoms. The Morgan fingerprint density at radius 1 is 0.773 bits per heavy atom. The maximum absolute atomic E-state index is 13.8. The minimum Gasteiger partial charge on any atom is -0.463 e.